The fourth-order valence-electron chi connectivity index (χ4n) is 4.74. The number of amides is 2. The van der Waals surface area contributed by atoms with Crippen molar-refractivity contribution in [3.8, 4) is 5.75 Å². The van der Waals surface area contributed by atoms with E-state index in [0.29, 0.717) is 32.5 Å². The van der Waals surface area contributed by atoms with Crippen LogP contribution in [0.2, 0.25) is 0 Å². The maximum atomic E-state index is 14.3. The van der Waals surface area contributed by atoms with Crippen molar-refractivity contribution in [1.29, 1.82) is 0 Å². The molecule has 2 aliphatic heterocycles. The largest absolute Gasteiger partial charge is 0.491 e. The van der Waals surface area contributed by atoms with E-state index in [9.17, 15) is 18.4 Å². The van der Waals surface area contributed by atoms with Gasteiger partial charge in [-0.2, -0.15) is 0 Å². The highest BCUT2D eigenvalue weighted by Crippen LogP contribution is 2.30. The predicted octanol–water partition coefficient (Wildman–Crippen LogP) is 3.83. The van der Waals surface area contributed by atoms with Crippen LogP contribution in [-0.4, -0.2) is 66.6 Å². The Bertz CT molecular complexity index is 1030. The summed E-state index contributed by atoms with van der Waals surface area (Å²) in [5.41, 5.74) is -0.745. The topological polar surface area (TPSA) is 59.1 Å². The smallest absolute Gasteiger partial charge is 0.260 e. The molecule has 0 N–H and O–H groups in total. The number of morpholine rings is 1. The fraction of sp³-hybridized carbons (Fsp3) is 0.462. The molecule has 0 saturated carbocycles. The highest BCUT2D eigenvalue weighted by molar-refractivity contribution is 5.96. The molecule has 4 rings (SSSR count). The molecular formula is C26H30F2N2O4. The van der Waals surface area contributed by atoms with Gasteiger partial charge in [-0.3, -0.25) is 9.59 Å². The van der Waals surface area contributed by atoms with E-state index in [2.05, 4.69) is 0 Å². The molecular weight excluding hydrogens is 442 g/mol. The van der Waals surface area contributed by atoms with Crippen molar-refractivity contribution in [3.05, 3.63) is 65.2 Å². The molecule has 182 valence electrons. The first kappa shape index (κ1) is 24.1. The highest BCUT2D eigenvalue weighted by Gasteiger charge is 2.47. The van der Waals surface area contributed by atoms with Crippen molar-refractivity contribution in [2.45, 2.75) is 38.2 Å². The van der Waals surface area contributed by atoms with Gasteiger partial charge in [-0.1, -0.05) is 24.3 Å². The van der Waals surface area contributed by atoms with Crippen LogP contribution in [0.25, 0.3) is 0 Å². The zero-order valence-corrected chi connectivity index (χ0v) is 19.4. The summed E-state index contributed by atoms with van der Waals surface area (Å²) in [6.07, 6.45) is 2.70. The quantitative estimate of drug-likeness (QED) is 0.667. The Hall–Kier alpha value is -3.00. The van der Waals surface area contributed by atoms with E-state index < -0.39 is 28.7 Å². The number of carbonyl (C=O) groups is 2. The third-order valence-electron chi connectivity index (χ3n) is 6.58. The Labute approximate surface area is 198 Å². The zero-order chi connectivity index (χ0) is 24.1. The number of fused-ring (bicyclic) bond motifs is 1. The molecule has 1 atom stereocenters. The van der Waals surface area contributed by atoms with Gasteiger partial charge in [-0.05, 0) is 56.4 Å². The van der Waals surface area contributed by atoms with E-state index in [1.54, 1.807) is 4.90 Å². The van der Waals surface area contributed by atoms with Gasteiger partial charge in [-0.25, -0.2) is 8.78 Å². The summed E-state index contributed by atoms with van der Waals surface area (Å²) in [6, 6.07) is 11.2. The van der Waals surface area contributed by atoms with Crippen LogP contribution < -0.4 is 4.74 Å². The van der Waals surface area contributed by atoms with Crippen molar-refractivity contribution >= 4 is 11.8 Å². The predicted molar refractivity (Wildman–Crippen MR) is 123 cm³/mol. The lowest BCUT2D eigenvalue weighted by Crippen LogP contribution is -2.62. The molecule has 2 aromatic carbocycles. The van der Waals surface area contributed by atoms with E-state index in [1.807, 2.05) is 31.2 Å². The summed E-state index contributed by atoms with van der Waals surface area (Å²) in [7, 11) is 0. The van der Waals surface area contributed by atoms with Crippen LogP contribution in [0.4, 0.5) is 8.78 Å². The molecule has 6 nitrogen and oxygen atoms in total. The highest BCUT2D eigenvalue weighted by atomic mass is 19.1. The summed E-state index contributed by atoms with van der Waals surface area (Å²) < 4.78 is 40.7. The first-order valence-corrected chi connectivity index (χ1v) is 11.8. The van der Waals surface area contributed by atoms with Crippen LogP contribution in [-0.2, 0) is 16.0 Å². The lowest BCUT2D eigenvalue weighted by Gasteiger charge is -2.44. The second-order valence-electron chi connectivity index (χ2n) is 8.71. The second-order valence-corrected chi connectivity index (χ2v) is 8.71. The van der Waals surface area contributed by atoms with E-state index in [-0.39, 0.29) is 25.6 Å². The van der Waals surface area contributed by atoms with Gasteiger partial charge in [0.2, 0.25) is 0 Å². The molecule has 0 bridgehead atoms. The molecule has 2 aliphatic rings. The van der Waals surface area contributed by atoms with Crippen LogP contribution in [0.15, 0.2) is 42.5 Å². The number of carbonyl (C=O) groups excluding carboxylic acids is 2. The minimum absolute atomic E-state index is 0.0492. The van der Waals surface area contributed by atoms with E-state index >= 15 is 0 Å². The Morgan fingerprint density at radius 3 is 2.56 bits per heavy atom. The SMILES string of the molecule is CCN1CCOc2ccccc2CCCCC2(CN(C(=O)c3c(F)cccc3F)CCO2)C1=O. The number of rotatable bonds is 2. The number of hydrogen-bond acceptors (Lipinski definition) is 4. The molecule has 0 aliphatic carbocycles. The Morgan fingerprint density at radius 2 is 1.79 bits per heavy atom. The number of halogens is 2. The van der Waals surface area contributed by atoms with Crippen molar-refractivity contribution in [2.24, 2.45) is 0 Å². The third kappa shape index (κ3) is 4.92. The standard InChI is InChI=1S/C26H30F2N2O4/c1-2-29-14-16-33-22-12-4-3-8-19(22)9-5-6-13-26(25(29)32)18-30(15-17-34-26)24(31)23-20(27)10-7-11-21(23)28/h3-4,7-8,10-12H,2,5-6,9,13-18H2,1H3. The van der Waals surface area contributed by atoms with Crippen molar-refractivity contribution < 1.29 is 27.8 Å². The molecule has 2 heterocycles. The zero-order valence-electron chi connectivity index (χ0n) is 19.4. The monoisotopic (exact) mass is 472 g/mol. The summed E-state index contributed by atoms with van der Waals surface area (Å²) in [5, 5.41) is 0. The number of hydrogen-bond donors (Lipinski definition) is 0. The number of benzene rings is 2. The molecule has 1 fully saturated rings. The van der Waals surface area contributed by atoms with Gasteiger partial charge >= 0.3 is 0 Å². The van der Waals surface area contributed by atoms with Gasteiger partial charge in [0.1, 0.15) is 29.6 Å². The normalized spacial score (nSPS) is 21.9. The maximum absolute atomic E-state index is 14.3. The molecule has 2 aromatic rings. The van der Waals surface area contributed by atoms with Crippen molar-refractivity contribution in [2.75, 3.05) is 39.4 Å². The number of nitrogens with zero attached hydrogens (tertiary/aromatic N) is 2. The van der Waals surface area contributed by atoms with Crippen molar-refractivity contribution in [3.63, 3.8) is 0 Å². The average Bonchev–Trinajstić information content (AvgIpc) is 2.84. The summed E-state index contributed by atoms with van der Waals surface area (Å²) >= 11 is 0. The number of para-hydroxylation sites is 1. The minimum atomic E-state index is -1.26. The molecule has 34 heavy (non-hydrogen) atoms. The first-order valence-electron chi connectivity index (χ1n) is 11.8. The lowest BCUT2D eigenvalue weighted by molar-refractivity contribution is -0.170. The maximum Gasteiger partial charge on any atom is 0.260 e. The minimum Gasteiger partial charge on any atom is -0.491 e. The second kappa shape index (κ2) is 10.5. The van der Waals surface area contributed by atoms with Gasteiger partial charge in [0.15, 0.2) is 5.60 Å². The lowest BCUT2D eigenvalue weighted by atomic mass is 9.90. The van der Waals surface area contributed by atoms with E-state index in [1.165, 1.54) is 11.0 Å². The third-order valence-corrected chi connectivity index (χ3v) is 6.58. The van der Waals surface area contributed by atoms with E-state index in [0.717, 1.165) is 36.3 Å². The summed E-state index contributed by atoms with van der Waals surface area (Å²) in [4.78, 5) is 29.8. The van der Waals surface area contributed by atoms with Crippen molar-refractivity contribution in [1.82, 2.24) is 9.80 Å². The molecule has 2 amide bonds. The van der Waals surface area contributed by atoms with Crippen LogP contribution >= 0.6 is 0 Å². The summed E-state index contributed by atoms with van der Waals surface area (Å²) in [6.45, 7) is 3.25. The molecule has 8 heteroatoms. The van der Waals surface area contributed by atoms with Crippen LogP contribution in [0, 0.1) is 11.6 Å². The fourth-order valence-corrected chi connectivity index (χ4v) is 4.74. The Balaban J connectivity index is 1.59. The van der Waals surface area contributed by atoms with Crippen LogP contribution in [0.1, 0.15) is 42.1 Å². The Kier molecular flexibility index (Phi) is 7.46. The van der Waals surface area contributed by atoms with Crippen LogP contribution in [0.3, 0.4) is 0 Å². The average molecular weight is 473 g/mol. The van der Waals surface area contributed by atoms with E-state index in [4.69, 9.17) is 9.47 Å². The van der Waals surface area contributed by atoms with Gasteiger partial charge in [0.05, 0.1) is 19.7 Å². The molecule has 0 aromatic heterocycles. The molecule has 1 saturated heterocycles. The summed E-state index contributed by atoms with van der Waals surface area (Å²) in [5.74, 6) is -1.99. The number of aryl methyl sites for hydroxylation is 1. The van der Waals surface area contributed by atoms with Gasteiger partial charge in [0, 0.05) is 13.1 Å². The first-order chi connectivity index (χ1) is 16.4. The van der Waals surface area contributed by atoms with Gasteiger partial charge < -0.3 is 19.3 Å². The van der Waals surface area contributed by atoms with Crippen LogP contribution in [0.5, 0.6) is 5.75 Å². The molecule has 0 radical (unpaired) electrons. The van der Waals surface area contributed by atoms with Gasteiger partial charge in [-0.15, -0.1) is 0 Å². The van der Waals surface area contributed by atoms with Gasteiger partial charge in [0.25, 0.3) is 11.8 Å². The number of likely N-dealkylation sites (N-methyl/N-ethyl adjacent to an activating group) is 1. The molecule has 1 unspecified atom stereocenters. The molecule has 1 spiro atoms. The number of ether oxygens (including phenoxy) is 2. The Morgan fingerprint density at radius 1 is 1.03 bits per heavy atom.